The van der Waals surface area contributed by atoms with Gasteiger partial charge in [0.15, 0.2) is 18.1 Å². The molecule has 2 rings (SSSR count). The summed E-state index contributed by atoms with van der Waals surface area (Å²) in [4.78, 5) is 23.2. The lowest BCUT2D eigenvalue weighted by Crippen LogP contribution is -2.51. The number of piperidine rings is 1. The molecule has 2 unspecified atom stereocenters. The first-order valence-electron chi connectivity index (χ1n) is 7.64. The highest BCUT2D eigenvalue weighted by molar-refractivity contribution is 5.95. The summed E-state index contributed by atoms with van der Waals surface area (Å²) in [5, 5.41) is 6.38. The van der Waals surface area contributed by atoms with Gasteiger partial charge in [0.1, 0.15) is 0 Å². The van der Waals surface area contributed by atoms with E-state index in [-0.39, 0.29) is 37.0 Å². The van der Waals surface area contributed by atoms with Crippen LogP contribution in [0.1, 0.15) is 30.1 Å². The quantitative estimate of drug-likeness (QED) is 0.700. The third-order valence-electron chi connectivity index (χ3n) is 3.87. The van der Waals surface area contributed by atoms with Crippen LogP contribution in [0.15, 0.2) is 18.2 Å². The monoisotopic (exact) mass is 357 g/mol. The summed E-state index contributed by atoms with van der Waals surface area (Å²) in [7, 11) is 1.47. The van der Waals surface area contributed by atoms with Crippen LogP contribution in [0.4, 0.5) is 0 Å². The summed E-state index contributed by atoms with van der Waals surface area (Å²) >= 11 is 0. The molecule has 1 aliphatic rings. The van der Waals surface area contributed by atoms with Crippen LogP contribution in [0.5, 0.6) is 11.5 Å². The van der Waals surface area contributed by atoms with Gasteiger partial charge in [-0.2, -0.15) is 0 Å². The maximum atomic E-state index is 12.4. The number of primary amides is 1. The normalized spacial score (nSPS) is 19.8. The van der Waals surface area contributed by atoms with Gasteiger partial charge in [-0.25, -0.2) is 0 Å². The zero-order valence-electron chi connectivity index (χ0n) is 13.8. The summed E-state index contributed by atoms with van der Waals surface area (Å²) in [6, 6.07) is 5.17. The van der Waals surface area contributed by atoms with E-state index in [9.17, 15) is 9.59 Å². The van der Waals surface area contributed by atoms with Gasteiger partial charge < -0.3 is 25.8 Å². The zero-order valence-corrected chi connectivity index (χ0v) is 14.7. The summed E-state index contributed by atoms with van der Waals surface area (Å²) in [5.41, 5.74) is 5.53. The Hall–Kier alpha value is -1.99. The molecule has 1 aromatic carbocycles. The van der Waals surface area contributed by atoms with Gasteiger partial charge >= 0.3 is 0 Å². The van der Waals surface area contributed by atoms with Crippen molar-refractivity contribution in [1.82, 2.24) is 10.6 Å². The van der Waals surface area contributed by atoms with Crippen molar-refractivity contribution in [3.8, 4) is 11.5 Å². The van der Waals surface area contributed by atoms with Gasteiger partial charge in [-0.15, -0.1) is 12.4 Å². The van der Waals surface area contributed by atoms with Gasteiger partial charge in [0.05, 0.1) is 7.11 Å². The predicted molar refractivity (Wildman–Crippen MR) is 92.9 cm³/mol. The van der Waals surface area contributed by atoms with Gasteiger partial charge in [-0.1, -0.05) is 0 Å². The largest absolute Gasteiger partial charge is 0.493 e. The highest BCUT2D eigenvalue weighted by Crippen LogP contribution is 2.28. The van der Waals surface area contributed by atoms with Crippen molar-refractivity contribution >= 4 is 24.2 Å². The average molecular weight is 358 g/mol. The minimum Gasteiger partial charge on any atom is -0.493 e. The topological polar surface area (TPSA) is 103 Å². The number of nitrogens with two attached hydrogens (primary N) is 1. The standard InChI is InChI=1S/C16H23N3O4.ClH/c1-10-12(4-3-7-18-10)19-16(21)11-5-6-13(14(8-11)22-2)23-9-15(17)20;/h5-6,8,10,12,18H,3-4,7,9H2,1-2H3,(H2,17,20)(H,19,21);1H. The number of amides is 2. The highest BCUT2D eigenvalue weighted by Gasteiger charge is 2.23. The van der Waals surface area contributed by atoms with Gasteiger partial charge in [0.25, 0.3) is 11.8 Å². The second-order valence-electron chi connectivity index (χ2n) is 5.59. The molecule has 1 aromatic rings. The Balaban J connectivity index is 0.00000288. The third kappa shape index (κ3) is 5.28. The van der Waals surface area contributed by atoms with E-state index in [2.05, 4.69) is 17.6 Å². The smallest absolute Gasteiger partial charge is 0.255 e. The highest BCUT2D eigenvalue weighted by atomic mass is 35.5. The fraction of sp³-hybridized carbons (Fsp3) is 0.500. The van der Waals surface area contributed by atoms with Gasteiger partial charge in [0, 0.05) is 17.6 Å². The molecule has 0 saturated carbocycles. The number of hydrogen-bond acceptors (Lipinski definition) is 5. The number of hydrogen-bond donors (Lipinski definition) is 3. The van der Waals surface area contributed by atoms with Crippen LogP contribution >= 0.6 is 12.4 Å². The van der Waals surface area contributed by atoms with Crippen molar-refractivity contribution in [3.05, 3.63) is 23.8 Å². The van der Waals surface area contributed by atoms with Crippen molar-refractivity contribution in [2.75, 3.05) is 20.3 Å². The number of benzene rings is 1. The molecule has 2 amide bonds. The molecule has 7 nitrogen and oxygen atoms in total. The number of nitrogens with one attached hydrogen (secondary N) is 2. The van der Waals surface area contributed by atoms with E-state index in [0.29, 0.717) is 17.1 Å². The van der Waals surface area contributed by atoms with E-state index in [1.807, 2.05) is 0 Å². The molecule has 1 fully saturated rings. The van der Waals surface area contributed by atoms with E-state index >= 15 is 0 Å². The Morgan fingerprint density at radius 3 is 2.75 bits per heavy atom. The summed E-state index contributed by atoms with van der Waals surface area (Å²) in [5.74, 6) is 0.0160. The number of carbonyl (C=O) groups excluding carboxylic acids is 2. The first kappa shape index (κ1) is 20.1. The van der Waals surface area contributed by atoms with E-state index < -0.39 is 5.91 Å². The summed E-state index contributed by atoms with van der Waals surface area (Å²) in [6.45, 7) is 2.80. The van der Waals surface area contributed by atoms with Crippen LogP contribution in [0.2, 0.25) is 0 Å². The molecule has 0 radical (unpaired) electrons. The number of methoxy groups -OCH3 is 1. The molecule has 1 aliphatic heterocycles. The van der Waals surface area contributed by atoms with Crippen LogP contribution in [-0.2, 0) is 4.79 Å². The molecule has 0 bridgehead atoms. The van der Waals surface area contributed by atoms with Crippen molar-refractivity contribution in [3.63, 3.8) is 0 Å². The number of carbonyl (C=O) groups is 2. The molecule has 2 atom stereocenters. The molecular weight excluding hydrogens is 334 g/mol. The number of halogens is 1. The van der Waals surface area contributed by atoms with Gasteiger partial charge in [-0.3, -0.25) is 9.59 Å². The van der Waals surface area contributed by atoms with Crippen molar-refractivity contribution in [1.29, 1.82) is 0 Å². The van der Waals surface area contributed by atoms with Crippen LogP contribution in [0.25, 0.3) is 0 Å². The summed E-state index contributed by atoms with van der Waals surface area (Å²) in [6.07, 6.45) is 2.00. The molecule has 0 spiro atoms. The second kappa shape index (κ2) is 9.34. The number of ether oxygens (including phenoxy) is 2. The molecule has 1 heterocycles. The molecule has 24 heavy (non-hydrogen) atoms. The van der Waals surface area contributed by atoms with Crippen LogP contribution in [-0.4, -0.2) is 44.2 Å². The van der Waals surface area contributed by atoms with Gasteiger partial charge in [0.2, 0.25) is 0 Å². The SMILES string of the molecule is COc1cc(C(=O)NC2CCCNC2C)ccc1OCC(N)=O.Cl. The summed E-state index contributed by atoms with van der Waals surface area (Å²) < 4.78 is 10.5. The maximum Gasteiger partial charge on any atom is 0.255 e. The lowest BCUT2D eigenvalue weighted by atomic mass is 9.99. The minimum absolute atomic E-state index is 0. The lowest BCUT2D eigenvalue weighted by Gasteiger charge is -2.30. The molecule has 8 heteroatoms. The van der Waals surface area contributed by atoms with Crippen molar-refractivity contribution in [2.45, 2.75) is 31.8 Å². The zero-order chi connectivity index (χ0) is 16.8. The van der Waals surface area contributed by atoms with Crippen LogP contribution in [0.3, 0.4) is 0 Å². The first-order chi connectivity index (χ1) is 11.0. The Morgan fingerprint density at radius 2 is 2.12 bits per heavy atom. The van der Waals surface area contributed by atoms with E-state index in [4.69, 9.17) is 15.2 Å². The Kier molecular flexibility index (Phi) is 7.81. The fourth-order valence-electron chi connectivity index (χ4n) is 2.57. The lowest BCUT2D eigenvalue weighted by molar-refractivity contribution is -0.119. The van der Waals surface area contributed by atoms with Crippen LogP contribution < -0.4 is 25.8 Å². The van der Waals surface area contributed by atoms with E-state index in [0.717, 1.165) is 19.4 Å². The Bertz CT molecular complexity index is 582. The molecule has 4 N–H and O–H groups in total. The molecule has 1 saturated heterocycles. The van der Waals surface area contributed by atoms with E-state index in [1.54, 1.807) is 18.2 Å². The van der Waals surface area contributed by atoms with Crippen LogP contribution in [0, 0.1) is 0 Å². The minimum atomic E-state index is -0.576. The fourth-order valence-corrected chi connectivity index (χ4v) is 2.57. The Labute approximate surface area is 147 Å². The molecule has 0 aromatic heterocycles. The van der Waals surface area contributed by atoms with Crippen molar-refractivity contribution < 1.29 is 19.1 Å². The van der Waals surface area contributed by atoms with Crippen molar-refractivity contribution in [2.24, 2.45) is 5.73 Å². The second-order valence-corrected chi connectivity index (χ2v) is 5.59. The average Bonchev–Trinajstić information content (AvgIpc) is 2.54. The molecular formula is C16H24ClN3O4. The third-order valence-corrected chi connectivity index (χ3v) is 3.87. The molecule has 134 valence electrons. The first-order valence-corrected chi connectivity index (χ1v) is 7.64. The Morgan fingerprint density at radius 1 is 1.38 bits per heavy atom. The predicted octanol–water partition coefficient (Wildman–Crippen LogP) is 0.851. The van der Waals surface area contributed by atoms with E-state index in [1.165, 1.54) is 7.11 Å². The van der Waals surface area contributed by atoms with Gasteiger partial charge in [-0.05, 0) is 44.5 Å². The number of rotatable bonds is 6. The molecule has 0 aliphatic carbocycles. The maximum absolute atomic E-state index is 12.4.